The molecule has 0 aliphatic heterocycles. The topological polar surface area (TPSA) is 66.5 Å². The number of hydrogen-bond acceptors (Lipinski definition) is 2. The van der Waals surface area contributed by atoms with Gasteiger partial charge in [-0.3, -0.25) is 4.98 Å². The van der Waals surface area contributed by atoms with Crippen molar-refractivity contribution >= 4 is 11.2 Å². The lowest BCUT2D eigenvalue weighted by molar-refractivity contribution is 0.374. The average Bonchev–Trinajstić information content (AvgIpc) is 2.95. The molecule has 10 heteroatoms. The van der Waals surface area contributed by atoms with Crippen molar-refractivity contribution in [3.05, 3.63) is 45.3 Å². The number of hydrogen-bond donors (Lipinski definition) is 2. The molecule has 1 aromatic carbocycles. The van der Waals surface area contributed by atoms with Crippen LogP contribution in [0.3, 0.4) is 0 Å². The zero-order chi connectivity index (χ0) is 15.5. The molecule has 5 nitrogen and oxygen atoms in total. The Morgan fingerprint density at radius 3 is 2.00 bits per heavy atom. The molecule has 0 spiro atoms. The highest BCUT2D eigenvalue weighted by molar-refractivity contribution is 5.75. The Labute approximate surface area is 112 Å². The minimum absolute atomic E-state index is 0.101. The Morgan fingerprint density at radius 1 is 0.905 bits per heavy atom. The van der Waals surface area contributed by atoms with E-state index < -0.39 is 40.5 Å². The van der Waals surface area contributed by atoms with E-state index in [2.05, 4.69) is 15.1 Å². The first-order chi connectivity index (χ1) is 9.82. The minimum Gasteiger partial charge on any atom is -0.303 e. The standard InChI is InChI=1S/C11H5F5N4O/c1-2-8-10(18-11(21)17-8)20(19-2)9-6(15)4(13)3(12)5(14)7(9)16/h1H3,(H2,17,18,21). The maximum absolute atomic E-state index is 13.7. The second-order valence-corrected chi connectivity index (χ2v) is 4.22. The van der Waals surface area contributed by atoms with Crippen molar-refractivity contribution in [3.63, 3.8) is 0 Å². The van der Waals surface area contributed by atoms with Gasteiger partial charge in [-0.1, -0.05) is 0 Å². The maximum atomic E-state index is 13.7. The van der Waals surface area contributed by atoms with Gasteiger partial charge in [-0.15, -0.1) is 0 Å². The molecule has 0 aliphatic carbocycles. The third-order valence-electron chi connectivity index (χ3n) is 2.93. The first-order valence-electron chi connectivity index (χ1n) is 5.52. The van der Waals surface area contributed by atoms with E-state index in [-0.39, 0.29) is 16.9 Å². The van der Waals surface area contributed by atoms with E-state index >= 15 is 0 Å². The molecular formula is C11H5F5N4O. The molecule has 3 rings (SSSR count). The summed E-state index contributed by atoms with van der Waals surface area (Å²) >= 11 is 0. The Morgan fingerprint density at radius 2 is 1.43 bits per heavy atom. The SMILES string of the molecule is Cc1nn(-c2c(F)c(F)c(F)c(F)c2F)c2[nH]c(=O)[nH]c12. The van der Waals surface area contributed by atoms with Crippen LogP contribution < -0.4 is 5.69 Å². The lowest BCUT2D eigenvalue weighted by Gasteiger charge is -2.08. The van der Waals surface area contributed by atoms with Gasteiger partial charge in [0.2, 0.25) is 5.82 Å². The Balaban J connectivity index is 2.46. The normalized spacial score (nSPS) is 11.5. The second kappa shape index (κ2) is 4.17. The molecule has 21 heavy (non-hydrogen) atoms. The molecule has 3 aromatic rings. The number of aryl methyl sites for hydroxylation is 1. The summed E-state index contributed by atoms with van der Waals surface area (Å²) in [6.07, 6.45) is 0. The zero-order valence-corrected chi connectivity index (χ0v) is 10.2. The Bertz CT molecular complexity index is 909. The molecule has 0 bridgehead atoms. The third-order valence-corrected chi connectivity index (χ3v) is 2.93. The van der Waals surface area contributed by atoms with E-state index in [0.29, 0.717) is 4.68 Å². The van der Waals surface area contributed by atoms with Gasteiger partial charge in [0.1, 0.15) is 11.2 Å². The summed E-state index contributed by atoms with van der Waals surface area (Å²) in [4.78, 5) is 15.7. The molecule has 0 saturated heterocycles. The fourth-order valence-corrected chi connectivity index (χ4v) is 1.99. The van der Waals surface area contributed by atoms with Crippen molar-refractivity contribution in [2.45, 2.75) is 6.92 Å². The molecule has 0 radical (unpaired) electrons. The zero-order valence-electron chi connectivity index (χ0n) is 10.2. The second-order valence-electron chi connectivity index (χ2n) is 4.22. The number of H-pyrrole nitrogens is 2. The molecule has 2 aromatic heterocycles. The number of aromatic amines is 2. The van der Waals surface area contributed by atoms with Crippen LogP contribution in [0.15, 0.2) is 4.79 Å². The molecule has 110 valence electrons. The molecule has 2 N–H and O–H groups in total. The molecule has 0 fully saturated rings. The van der Waals surface area contributed by atoms with Crippen molar-refractivity contribution in [2.75, 3.05) is 0 Å². The van der Waals surface area contributed by atoms with E-state index in [0.717, 1.165) is 0 Å². The fourth-order valence-electron chi connectivity index (χ4n) is 1.99. The number of fused-ring (bicyclic) bond motifs is 1. The van der Waals surface area contributed by atoms with E-state index in [1.807, 2.05) is 0 Å². The summed E-state index contributed by atoms with van der Waals surface area (Å²) in [5.41, 5.74) is -1.93. The predicted octanol–water partition coefficient (Wildman–Crippen LogP) is 2.05. The van der Waals surface area contributed by atoms with Crippen LogP contribution in [0.5, 0.6) is 0 Å². The number of nitrogens with zero attached hydrogens (tertiary/aromatic N) is 2. The van der Waals surface area contributed by atoms with Crippen LogP contribution in [0.4, 0.5) is 22.0 Å². The molecule has 0 unspecified atom stereocenters. The minimum atomic E-state index is -2.27. The van der Waals surface area contributed by atoms with Crippen LogP contribution in [-0.2, 0) is 0 Å². The molecule has 0 amide bonds. The van der Waals surface area contributed by atoms with Gasteiger partial charge in [-0.25, -0.2) is 31.4 Å². The van der Waals surface area contributed by atoms with E-state index in [9.17, 15) is 26.7 Å². The monoisotopic (exact) mass is 304 g/mol. The maximum Gasteiger partial charge on any atom is 0.325 e. The van der Waals surface area contributed by atoms with Gasteiger partial charge >= 0.3 is 5.69 Å². The predicted molar refractivity (Wildman–Crippen MR) is 60.6 cm³/mol. The van der Waals surface area contributed by atoms with Crippen molar-refractivity contribution in [3.8, 4) is 5.69 Å². The van der Waals surface area contributed by atoms with Gasteiger partial charge in [-0.2, -0.15) is 5.10 Å². The fraction of sp³-hybridized carbons (Fsp3) is 0.0909. The Kier molecular flexibility index (Phi) is 2.65. The molecule has 0 saturated carbocycles. The lowest BCUT2D eigenvalue weighted by Crippen LogP contribution is -2.12. The van der Waals surface area contributed by atoms with Crippen LogP contribution >= 0.6 is 0 Å². The first kappa shape index (κ1) is 13.3. The highest BCUT2D eigenvalue weighted by atomic mass is 19.2. The molecule has 0 atom stereocenters. The van der Waals surface area contributed by atoms with Gasteiger partial charge in [0, 0.05) is 0 Å². The van der Waals surface area contributed by atoms with Crippen LogP contribution in [0, 0.1) is 36.0 Å². The van der Waals surface area contributed by atoms with Gasteiger partial charge in [0.05, 0.1) is 5.69 Å². The summed E-state index contributed by atoms with van der Waals surface area (Å²) in [6.45, 7) is 1.40. The summed E-state index contributed by atoms with van der Waals surface area (Å²) in [5, 5.41) is 3.67. The summed E-state index contributed by atoms with van der Waals surface area (Å²) in [6, 6.07) is 0. The third kappa shape index (κ3) is 1.68. The number of halogens is 5. The van der Waals surface area contributed by atoms with Crippen molar-refractivity contribution in [2.24, 2.45) is 0 Å². The molecule has 0 aliphatic rings. The van der Waals surface area contributed by atoms with E-state index in [1.54, 1.807) is 0 Å². The summed E-state index contributed by atoms with van der Waals surface area (Å²) in [7, 11) is 0. The van der Waals surface area contributed by atoms with Crippen molar-refractivity contribution in [1.29, 1.82) is 0 Å². The smallest absolute Gasteiger partial charge is 0.303 e. The lowest BCUT2D eigenvalue weighted by atomic mass is 10.2. The highest BCUT2D eigenvalue weighted by Gasteiger charge is 2.29. The number of benzene rings is 1. The van der Waals surface area contributed by atoms with Gasteiger partial charge in [-0.05, 0) is 6.92 Å². The number of imidazole rings is 1. The van der Waals surface area contributed by atoms with Crippen LogP contribution in [0.2, 0.25) is 0 Å². The van der Waals surface area contributed by atoms with E-state index in [4.69, 9.17) is 0 Å². The van der Waals surface area contributed by atoms with Crippen molar-refractivity contribution < 1.29 is 22.0 Å². The number of nitrogens with one attached hydrogen (secondary N) is 2. The summed E-state index contributed by atoms with van der Waals surface area (Å²) < 4.78 is 67.4. The number of rotatable bonds is 1. The average molecular weight is 304 g/mol. The largest absolute Gasteiger partial charge is 0.325 e. The molecular weight excluding hydrogens is 299 g/mol. The van der Waals surface area contributed by atoms with Crippen LogP contribution in [0.25, 0.3) is 16.9 Å². The van der Waals surface area contributed by atoms with Crippen LogP contribution in [0.1, 0.15) is 5.69 Å². The van der Waals surface area contributed by atoms with Gasteiger partial charge in [0.25, 0.3) is 0 Å². The summed E-state index contributed by atoms with van der Waals surface area (Å²) in [5.74, 6) is -10.5. The Hall–Kier alpha value is -2.65. The van der Waals surface area contributed by atoms with E-state index in [1.165, 1.54) is 6.92 Å². The highest BCUT2D eigenvalue weighted by Crippen LogP contribution is 2.28. The van der Waals surface area contributed by atoms with Gasteiger partial charge < -0.3 is 4.98 Å². The molecule has 2 heterocycles. The van der Waals surface area contributed by atoms with Gasteiger partial charge in [0.15, 0.2) is 28.9 Å². The number of aromatic nitrogens is 4. The van der Waals surface area contributed by atoms with Crippen LogP contribution in [-0.4, -0.2) is 19.7 Å². The van der Waals surface area contributed by atoms with Crippen molar-refractivity contribution in [1.82, 2.24) is 19.7 Å². The quantitative estimate of drug-likeness (QED) is 0.410. The first-order valence-corrected chi connectivity index (χ1v) is 5.52.